The Bertz CT molecular complexity index is 646. The lowest BCUT2D eigenvalue weighted by molar-refractivity contribution is -0.387. The Hall–Kier alpha value is -1.71. The van der Waals surface area contributed by atoms with Crippen LogP contribution in [-0.2, 0) is 10.0 Å². The zero-order valence-electron chi connectivity index (χ0n) is 11.5. The van der Waals surface area contributed by atoms with Crippen LogP contribution in [0.15, 0.2) is 23.1 Å². The van der Waals surface area contributed by atoms with E-state index >= 15 is 0 Å². The van der Waals surface area contributed by atoms with Crippen LogP contribution in [0.4, 0.5) is 11.4 Å². The van der Waals surface area contributed by atoms with Gasteiger partial charge in [-0.3, -0.25) is 10.1 Å². The van der Waals surface area contributed by atoms with Gasteiger partial charge in [0, 0.05) is 38.5 Å². The number of nitro benzene ring substituents is 1. The Labute approximate surface area is 122 Å². The van der Waals surface area contributed by atoms with E-state index in [0.717, 1.165) is 0 Å². The van der Waals surface area contributed by atoms with Gasteiger partial charge in [-0.05, 0) is 24.5 Å². The minimum atomic E-state index is -3.93. The minimum absolute atomic E-state index is 0.0905. The van der Waals surface area contributed by atoms with Crippen molar-refractivity contribution in [3.05, 3.63) is 28.3 Å². The van der Waals surface area contributed by atoms with E-state index in [1.54, 1.807) is 7.05 Å². The van der Waals surface area contributed by atoms with Crippen LogP contribution < -0.4 is 5.32 Å². The van der Waals surface area contributed by atoms with Crippen LogP contribution in [-0.4, -0.2) is 49.5 Å². The molecule has 1 fully saturated rings. The number of nitrogens with zero attached hydrogens (tertiary/aromatic N) is 2. The molecule has 1 aliphatic rings. The van der Waals surface area contributed by atoms with E-state index in [9.17, 15) is 18.5 Å². The summed E-state index contributed by atoms with van der Waals surface area (Å²) in [6, 6.07) is 3.93. The normalized spacial score (nSPS) is 19.6. The zero-order valence-corrected chi connectivity index (χ0v) is 12.3. The van der Waals surface area contributed by atoms with Crippen molar-refractivity contribution in [3.8, 4) is 0 Å². The molecule has 0 aliphatic carbocycles. The van der Waals surface area contributed by atoms with E-state index in [0.29, 0.717) is 12.1 Å². The molecular weight excluding hydrogens is 298 g/mol. The van der Waals surface area contributed by atoms with Crippen LogP contribution in [0.25, 0.3) is 0 Å². The van der Waals surface area contributed by atoms with Gasteiger partial charge in [-0.25, -0.2) is 8.42 Å². The Kier molecular flexibility index (Phi) is 4.45. The van der Waals surface area contributed by atoms with E-state index in [1.807, 2.05) is 0 Å². The van der Waals surface area contributed by atoms with E-state index in [2.05, 4.69) is 5.32 Å². The summed E-state index contributed by atoms with van der Waals surface area (Å²) in [5, 5.41) is 23.0. The third-order valence-electron chi connectivity index (χ3n) is 3.57. The molecule has 0 bridgehead atoms. The van der Waals surface area contributed by atoms with Crippen LogP contribution in [0.2, 0.25) is 0 Å². The summed E-state index contributed by atoms with van der Waals surface area (Å²) in [6.07, 6.45) is 0.554. The third kappa shape index (κ3) is 2.99. The first-order chi connectivity index (χ1) is 9.90. The van der Waals surface area contributed by atoms with Gasteiger partial charge in [-0.15, -0.1) is 0 Å². The SMILES string of the molecule is CNc1ccc(S(=O)(=O)N2CCC(CO)C2)c([N+](=O)[O-])c1. The molecule has 1 saturated heterocycles. The number of sulfonamides is 1. The number of aliphatic hydroxyl groups excluding tert-OH is 1. The molecule has 0 spiro atoms. The van der Waals surface area contributed by atoms with Crippen LogP contribution >= 0.6 is 0 Å². The fraction of sp³-hybridized carbons (Fsp3) is 0.500. The second kappa shape index (κ2) is 5.96. The molecular formula is C12H17N3O5S. The third-order valence-corrected chi connectivity index (χ3v) is 5.48. The molecule has 9 heteroatoms. The lowest BCUT2D eigenvalue weighted by Gasteiger charge is -2.16. The van der Waals surface area contributed by atoms with E-state index in [4.69, 9.17) is 5.11 Å². The van der Waals surface area contributed by atoms with Crippen molar-refractivity contribution in [3.63, 3.8) is 0 Å². The van der Waals surface area contributed by atoms with Crippen LogP contribution in [0.1, 0.15) is 6.42 Å². The summed E-state index contributed by atoms with van der Waals surface area (Å²) in [7, 11) is -2.33. The average molecular weight is 315 g/mol. The standard InChI is InChI=1S/C12H17N3O5S/c1-13-10-2-3-12(11(6-10)15(17)18)21(19,20)14-5-4-9(7-14)8-16/h2-3,6,9,13,16H,4-5,7-8H2,1H3. The highest BCUT2D eigenvalue weighted by molar-refractivity contribution is 7.89. The molecule has 1 aromatic rings. The van der Waals surface area contributed by atoms with E-state index in [-0.39, 0.29) is 30.5 Å². The number of hydrogen-bond donors (Lipinski definition) is 2. The molecule has 1 unspecified atom stereocenters. The van der Waals surface area contributed by atoms with Crippen molar-refractivity contribution < 1.29 is 18.4 Å². The number of benzene rings is 1. The number of rotatable bonds is 5. The second-order valence-corrected chi connectivity index (χ2v) is 6.80. The highest BCUT2D eigenvalue weighted by atomic mass is 32.2. The van der Waals surface area contributed by atoms with Gasteiger partial charge in [0.2, 0.25) is 10.0 Å². The molecule has 2 rings (SSSR count). The predicted molar refractivity (Wildman–Crippen MR) is 76.6 cm³/mol. The number of nitro groups is 1. The Morgan fingerprint density at radius 2 is 2.24 bits per heavy atom. The molecule has 0 aromatic heterocycles. The van der Waals surface area contributed by atoms with Crippen LogP contribution in [0.5, 0.6) is 0 Å². The quantitative estimate of drug-likeness (QED) is 0.609. The second-order valence-electron chi connectivity index (χ2n) is 4.89. The molecule has 1 atom stereocenters. The molecule has 8 nitrogen and oxygen atoms in total. The smallest absolute Gasteiger partial charge is 0.291 e. The zero-order chi connectivity index (χ0) is 15.6. The topological polar surface area (TPSA) is 113 Å². The van der Waals surface area contributed by atoms with E-state index < -0.39 is 20.6 Å². The molecule has 0 radical (unpaired) electrons. The first-order valence-corrected chi connectivity index (χ1v) is 7.91. The van der Waals surface area contributed by atoms with Crippen LogP contribution in [0, 0.1) is 16.0 Å². The van der Waals surface area contributed by atoms with Crippen molar-refractivity contribution in [2.75, 3.05) is 32.1 Å². The summed E-state index contributed by atoms with van der Waals surface area (Å²) < 4.78 is 26.3. The Morgan fingerprint density at radius 1 is 1.52 bits per heavy atom. The molecule has 1 aromatic carbocycles. The predicted octanol–water partition coefficient (Wildman–Crippen LogP) is 0.639. The number of anilines is 1. The van der Waals surface area contributed by atoms with Gasteiger partial charge >= 0.3 is 0 Å². The summed E-state index contributed by atoms with van der Waals surface area (Å²) in [4.78, 5) is 10.1. The van der Waals surface area contributed by atoms with Gasteiger partial charge in [-0.2, -0.15) is 4.31 Å². The van der Waals surface area contributed by atoms with Gasteiger partial charge in [0.15, 0.2) is 4.90 Å². The average Bonchev–Trinajstić information content (AvgIpc) is 2.96. The lowest BCUT2D eigenvalue weighted by atomic mass is 10.1. The van der Waals surface area contributed by atoms with Crippen molar-refractivity contribution in [2.45, 2.75) is 11.3 Å². The van der Waals surface area contributed by atoms with Crippen molar-refractivity contribution in [2.24, 2.45) is 5.92 Å². The lowest BCUT2D eigenvalue weighted by Crippen LogP contribution is -2.29. The summed E-state index contributed by atoms with van der Waals surface area (Å²) in [5.41, 5.74) is 0.0182. The largest absolute Gasteiger partial charge is 0.396 e. The molecule has 21 heavy (non-hydrogen) atoms. The number of nitrogens with one attached hydrogen (secondary N) is 1. The maximum atomic E-state index is 12.5. The summed E-state index contributed by atoms with van der Waals surface area (Å²) in [5.74, 6) is -0.115. The van der Waals surface area contributed by atoms with E-state index in [1.165, 1.54) is 22.5 Å². The van der Waals surface area contributed by atoms with Crippen molar-refractivity contribution >= 4 is 21.4 Å². The molecule has 2 N–H and O–H groups in total. The highest BCUT2D eigenvalue weighted by Crippen LogP contribution is 2.32. The Balaban J connectivity index is 2.43. The van der Waals surface area contributed by atoms with Gasteiger partial charge < -0.3 is 10.4 Å². The fourth-order valence-electron chi connectivity index (χ4n) is 2.34. The van der Waals surface area contributed by atoms with Gasteiger partial charge in [0.1, 0.15) is 0 Å². The summed E-state index contributed by atoms with van der Waals surface area (Å²) in [6.45, 7) is 0.356. The Morgan fingerprint density at radius 3 is 2.76 bits per heavy atom. The van der Waals surface area contributed by atoms with Gasteiger partial charge in [0.25, 0.3) is 5.69 Å². The monoisotopic (exact) mass is 315 g/mol. The number of aliphatic hydroxyl groups is 1. The maximum Gasteiger partial charge on any atom is 0.291 e. The molecule has 116 valence electrons. The first-order valence-electron chi connectivity index (χ1n) is 6.47. The first kappa shape index (κ1) is 15.7. The maximum absolute atomic E-state index is 12.5. The minimum Gasteiger partial charge on any atom is -0.396 e. The summed E-state index contributed by atoms with van der Waals surface area (Å²) >= 11 is 0. The van der Waals surface area contributed by atoms with Crippen LogP contribution in [0.3, 0.4) is 0 Å². The molecule has 1 heterocycles. The van der Waals surface area contributed by atoms with Gasteiger partial charge in [0.05, 0.1) is 4.92 Å². The van der Waals surface area contributed by atoms with Crippen molar-refractivity contribution in [1.29, 1.82) is 0 Å². The molecule has 0 amide bonds. The molecule has 1 aliphatic heterocycles. The van der Waals surface area contributed by atoms with Crippen molar-refractivity contribution in [1.82, 2.24) is 4.31 Å². The molecule has 0 saturated carbocycles. The number of hydrogen-bond acceptors (Lipinski definition) is 6. The fourth-order valence-corrected chi connectivity index (χ4v) is 4.01. The van der Waals surface area contributed by atoms with Gasteiger partial charge in [-0.1, -0.05) is 0 Å². The highest BCUT2D eigenvalue weighted by Gasteiger charge is 2.36.